The second-order valence-corrected chi connectivity index (χ2v) is 7.09. The van der Waals surface area contributed by atoms with Crippen LogP contribution in [-0.2, 0) is 23.9 Å². The van der Waals surface area contributed by atoms with E-state index in [0.717, 1.165) is 12.8 Å². The Bertz CT molecular complexity index is 782. The number of allylic oxidation sites excluding steroid dienone is 1. The van der Waals surface area contributed by atoms with Crippen LogP contribution in [-0.4, -0.2) is 35.9 Å². The summed E-state index contributed by atoms with van der Waals surface area (Å²) < 4.78 is 10.2. The number of hydrogen-bond donors (Lipinski definition) is 0. The Hall–Kier alpha value is -3.03. The van der Waals surface area contributed by atoms with Crippen molar-refractivity contribution >= 4 is 29.5 Å². The average molecular weight is 417 g/mol. The van der Waals surface area contributed by atoms with E-state index in [1.807, 2.05) is 0 Å². The van der Waals surface area contributed by atoms with Gasteiger partial charge in [0.2, 0.25) is 0 Å². The fraction of sp³-hybridized carbons (Fsp3) is 0.500. The molecular weight excluding hydrogens is 390 g/mol. The second-order valence-electron chi connectivity index (χ2n) is 7.09. The summed E-state index contributed by atoms with van der Waals surface area (Å²) in [6.45, 7) is 3.50. The minimum Gasteiger partial charge on any atom is -0.465 e. The summed E-state index contributed by atoms with van der Waals surface area (Å²) in [5.74, 6) is -3.87. The van der Waals surface area contributed by atoms with Gasteiger partial charge in [0, 0.05) is 30.4 Å². The Kier molecular flexibility index (Phi) is 8.70. The Morgan fingerprint density at radius 3 is 2.23 bits per heavy atom. The number of rotatable bonds is 9. The molecule has 0 saturated heterocycles. The van der Waals surface area contributed by atoms with Crippen LogP contribution in [0.3, 0.4) is 0 Å². The first-order valence-corrected chi connectivity index (χ1v) is 10.2. The largest absolute Gasteiger partial charge is 0.465 e. The van der Waals surface area contributed by atoms with E-state index >= 15 is 0 Å². The number of nitro benzene ring substituents is 1. The molecule has 0 radical (unpaired) electrons. The SMILES string of the molecule is CCOC(=O)C(C(=O)OCC)[C@@H](/C=C/c1ccc([N+](=O)[O-])cc1)[C@@H]1CCCCC1=O. The van der Waals surface area contributed by atoms with Crippen molar-refractivity contribution in [3.8, 4) is 0 Å². The van der Waals surface area contributed by atoms with Crippen molar-refractivity contribution in [2.24, 2.45) is 17.8 Å². The molecular formula is C22H27NO7. The first kappa shape index (κ1) is 23.3. The van der Waals surface area contributed by atoms with Crippen molar-refractivity contribution < 1.29 is 28.8 Å². The van der Waals surface area contributed by atoms with Gasteiger partial charge < -0.3 is 9.47 Å². The Balaban J connectivity index is 2.40. The maximum absolute atomic E-state index is 12.6. The molecule has 0 N–H and O–H groups in total. The molecule has 0 bridgehead atoms. The molecule has 8 heteroatoms. The van der Waals surface area contributed by atoms with Gasteiger partial charge in [-0.1, -0.05) is 18.6 Å². The molecule has 2 rings (SSSR count). The van der Waals surface area contributed by atoms with Crippen LogP contribution < -0.4 is 0 Å². The molecule has 162 valence electrons. The van der Waals surface area contributed by atoms with Gasteiger partial charge in [-0.05, 0) is 44.4 Å². The standard InChI is InChI=1S/C22H27NO7/c1-3-29-21(25)20(22(26)30-4-2)18(17-7-5-6-8-19(17)24)14-11-15-9-12-16(13-10-15)23(27)28/h9-14,17-18,20H,3-8H2,1-2H3/b14-11+/t17-,18-/m0/s1. The topological polar surface area (TPSA) is 113 Å². The molecule has 0 heterocycles. The predicted molar refractivity (Wildman–Crippen MR) is 109 cm³/mol. The third kappa shape index (κ3) is 5.98. The van der Waals surface area contributed by atoms with Gasteiger partial charge in [0.25, 0.3) is 5.69 Å². The lowest BCUT2D eigenvalue weighted by molar-refractivity contribution is -0.384. The number of hydrogen-bond acceptors (Lipinski definition) is 7. The van der Waals surface area contributed by atoms with Gasteiger partial charge in [0.15, 0.2) is 5.92 Å². The maximum Gasteiger partial charge on any atom is 0.320 e. The summed E-state index contributed by atoms with van der Waals surface area (Å²) in [4.78, 5) is 48.2. The zero-order valence-corrected chi connectivity index (χ0v) is 17.2. The van der Waals surface area contributed by atoms with Gasteiger partial charge in [0.05, 0.1) is 18.1 Å². The van der Waals surface area contributed by atoms with Crippen LogP contribution in [0.5, 0.6) is 0 Å². The van der Waals surface area contributed by atoms with Crippen molar-refractivity contribution in [3.05, 3.63) is 46.0 Å². The van der Waals surface area contributed by atoms with Crippen molar-refractivity contribution in [1.29, 1.82) is 0 Å². The van der Waals surface area contributed by atoms with Crippen LogP contribution in [0.25, 0.3) is 6.08 Å². The maximum atomic E-state index is 12.6. The number of carbonyl (C=O) groups is 3. The van der Waals surface area contributed by atoms with E-state index in [9.17, 15) is 24.5 Å². The number of nitro groups is 1. The number of ketones is 1. The van der Waals surface area contributed by atoms with Gasteiger partial charge in [-0.2, -0.15) is 0 Å². The van der Waals surface area contributed by atoms with Crippen molar-refractivity contribution in [2.75, 3.05) is 13.2 Å². The summed E-state index contributed by atoms with van der Waals surface area (Å²) in [6, 6.07) is 5.87. The highest BCUT2D eigenvalue weighted by Crippen LogP contribution is 2.35. The smallest absolute Gasteiger partial charge is 0.320 e. The third-order valence-corrected chi connectivity index (χ3v) is 5.15. The molecule has 1 aliphatic carbocycles. The highest BCUT2D eigenvalue weighted by molar-refractivity contribution is 5.97. The van der Waals surface area contributed by atoms with Crippen LogP contribution in [0.1, 0.15) is 45.1 Å². The second kappa shape index (κ2) is 11.2. The van der Waals surface area contributed by atoms with E-state index < -0.39 is 34.6 Å². The minimum atomic E-state index is -1.24. The summed E-state index contributed by atoms with van der Waals surface area (Å²) in [6.07, 6.45) is 5.93. The molecule has 1 fully saturated rings. The molecule has 2 atom stereocenters. The molecule has 1 aromatic carbocycles. The predicted octanol–water partition coefficient (Wildman–Crippen LogP) is 3.73. The van der Waals surface area contributed by atoms with Crippen LogP contribution in [0.2, 0.25) is 0 Å². The van der Waals surface area contributed by atoms with Gasteiger partial charge in [0.1, 0.15) is 5.78 Å². The van der Waals surface area contributed by atoms with Crippen LogP contribution in [0, 0.1) is 27.9 Å². The van der Waals surface area contributed by atoms with Crippen molar-refractivity contribution in [2.45, 2.75) is 39.5 Å². The quantitative estimate of drug-likeness (QED) is 0.260. The van der Waals surface area contributed by atoms with E-state index in [4.69, 9.17) is 9.47 Å². The van der Waals surface area contributed by atoms with Crippen LogP contribution >= 0.6 is 0 Å². The monoisotopic (exact) mass is 417 g/mol. The number of esters is 2. The molecule has 0 aromatic heterocycles. The number of ether oxygens (including phenoxy) is 2. The van der Waals surface area contributed by atoms with Crippen molar-refractivity contribution in [1.82, 2.24) is 0 Å². The fourth-order valence-electron chi connectivity index (χ4n) is 3.70. The lowest BCUT2D eigenvalue weighted by atomic mass is 9.73. The highest BCUT2D eigenvalue weighted by Gasteiger charge is 2.43. The molecule has 0 amide bonds. The number of Topliss-reactive ketones (excluding diaryl/α,β-unsaturated/α-hetero) is 1. The molecule has 8 nitrogen and oxygen atoms in total. The highest BCUT2D eigenvalue weighted by atomic mass is 16.6. The van der Waals surface area contributed by atoms with Gasteiger partial charge in [-0.3, -0.25) is 24.5 Å². The number of benzene rings is 1. The summed E-state index contributed by atoms with van der Waals surface area (Å²) in [5, 5.41) is 10.8. The molecule has 0 spiro atoms. The molecule has 1 aromatic rings. The van der Waals surface area contributed by atoms with E-state index in [1.54, 1.807) is 38.1 Å². The Labute approximate surface area is 175 Å². The first-order valence-electron chi connectivity index (χ1n) is 10.2. The zero-order chi connectivity index (χ0) is 22.1. The molecule has 1 aliphatic rings. The molecule has 0 unspecified atom stereocenters. The number of non-ortho nitro benzene ring substituents is 1. The summed E-state index contributed by atoms with van der Waals surface area (Å²) >= 11 is 0. The van der Waals surface area contributed by atoms with Gasteiger partial charge in [-0.15, -0.1) is 0 Å². The summed E-state index contributed by atoms with van der Waals surface area (Å²) in [5.41, 5.74) is 0.613. The third-order valence-electron chi connectivity index (χ3n) is 5.15. The van der Waals surface area contributed by atoms with E-state index in [0.29, 0.717) is 18.4 Å². The molecule has 1 saturated carbocycles. The lowest BCUT2D eigenvalue weighted by Gasteiger charge is -2.31. The van der Waals surface area contributed by atoms with Crippen molar-refractivity contribution in [3.63, 3.8) is 0 Å². The number of nitrogens with zero attached hydrogens (tertiary/aromatic N) is 1. The van der Waals surface area contributed by atoms with Gasteiger partial charge >= 0.3 is 11.9 Å². The van der Waals surface area contributed by atoms with E-state index in [1.165, 1.54) is 12.1 Å². The van der Waals surface area contributed by atoms with E-state index in [-0.39, 0.29) is 24.7 Å². The lowest BCUT2D eigenvalue weighted by Crippen LogP contribution is -2.40. The fourth-order valence-corrected chi connectivity index (χ4v) is 3.70. The molecule has 30 heavy (non-hydrogen) atoms. The molecule has 0 aliphatic heterocycles. The van der Waals surface area contributed by atoms with Crippen LogP contribution in [0.4, 0.5) is 5.69 Å². The average Bonchev–Trinajstić information content (AvgIpc) is 2.72. The Morgan fingerprint density at radius 1 is 1.13 bits per heavy atom. The summed E-state index contributed by atoms with van der Waals surface area (Å²) in [7, 11) is 0. The minimum absolute atomic E-state index is 0.0122. The number of carbonyl (C=O) groups excluding carboxylic acids is 3. The van der Waals surface area contributed by atoms with E-state index in [2.05, 4.69) is 0 Å². The van der Waals surface area contributed by atoms with Gasteiger partial charge in [-0.25, -0.2) is 0 Å². The Morgan fingerprint density at radius 2 is 1.73 bits per heavy atom. The normalized spacial score (nSPS) is 17.7. The first-order chi connectivity index (χ1) is 14.4. The van der Waals surface area contributed by atoms with Crippen LogP contribution in [0.15, 0.2) is 30.3 Å². The zero-order valence-electron chi connectivity index (χ0n) is 17.2.